The number of nitrogens with zero attached hydrogens (tertiary/aromatic N) is 2. The number of amides is 3. The van der Waals surface area contributed by atoms with Crippen LogP contribution in [0.15, 0.2) is 42.6 Å². The van der Waals surface area contributed by atoms with E-state index in [-0.39, 0.29) is 12.2 Å². The average Bonchev–Trinajstić information content (AvgIpc) is 3.14. The molecular formula is C20H27N5O4. The number of aromatic nitrogens is 2. The van der Waals surface area contributed by atoms with E-state index in [9.17, 15) is 14.4 Å². The molecule has 156 valence electrons. The van der Waals surface area contributed by atoms with E-state index in [1.165, 1.54) is 18.0 Å². The van der Waals surface area contributed by atoms with Crippen molar-refractivity contribution < 1.29 is 19.1 Å². The minimum Gasteiger partial charge on any atom is -0.444 e. The molecule has 0 unspecified atom stereocenters. The number of ether oxygens (including phenoxy) is 1. The van der Waals surface area contributed by atoms with Gasteiger partial charge in [-0.05, 0) is 33.3 Å². The van der Waals surface area contributed by atoms with Crippen LogP contribution in [0.5, 0.6) is 0 Å². The lowest BCUT2D eigenvalue weighted by atomic mass is 10.0. The molecule has 2 aromatic rings. The number of nitrogens with one attached hydrogen (secondary N) is 2. The van der Waals surface area contributed by atoms with E-state index in [1.807, 2.05) is 30.3 Å². The van der Waals surface area contributed by atoms with Crippen LogP contribution < -0.4 is 16.0 Å². The molecule has 0 aliphatic heterocycles. The Morgan fingerprint density at radius 3 is 2.38 bits per heavy atom. The van der Waals surface area contributed by atoms with E-state index >= 15 is 0 Å². The Labute approximate surface area is 169 Å². The van der Waals surface area contributed by atoms with E-state index < -0.39 is 35.6 Å². The van der Waals surface area contributed by atoms with E-state index in [4.69, 9.17) is 10.5 Å². The molecule has 9 nitrogen and oxygen atoms in total. The quantitative estimate of drug-likeness (QED) is 0.651. The molecule has 0 fully saturated rings. The van der Waals surface area contributed by atoms with Crippen LogP contribution in [0.3, 0.4) is 0 Å². The van der Waals surface area contributed by atoms with Crippen molar-refractivity contribution in [3.63, 3.8) is 0 Å². The molecule has 29 heavy (non-hydrogen) atoms. The van der Waals surface area contributed by atoms with Gasteiger partial charge in [-0.15, -0.1) is 0 Å². The van der Waals surface area contributed by atoms with Gasteiger partial charge in [0, 0.05) is 18.7 Å². The molecule has 0 spiro atoms. The number of aromatic amines is 1. The summed E-state index contributed by atoms with van der Waals surface area (Å²) in [6, 6.07) is 8.79. The summed E-state index contributed by atoms with van der Waals surface area (Å²) in [4.78, 5) is 38.7. The van der Waals surface area contributed by atoms with Gasteiger partial charge < -0.3 is 15.8 Å². The number of hydrogen-bond acceptors (Lipinski definition) is 5. The average molecular weight is 401 g/mol. The zero-order valence-electron chi connectivity index (χ0n) is 17.0. The van der Waals surface area contributed by atoms with Gasteiger partial charge in [-0.2, -0.15) is 5.10 Å². The number of alkyl carbamates (subject to hydrolysis) is 1. The highest BCUT2D eigenvalue weighted by molar-refractivity contribution is 6.03. The van der Waals surface area contributed by atoms with E-state index in [1.54, 1.807) is 26.8 Å². The lowest BCUT2D eigenvalue weighted by Crippen LogP contribution is -2.56. The first kappa shape index (κ1) is 21.9. The highest BCUT2D eigenvalue weighted by Crippen LogP contribution is 2.17. The zero-order chi connectivity index (χ0) is 21.6. The van der Waals surface area contributed by atoms with Crippen LogP contribution in [-0.4, -0.2) is 45.8 Å². The van der Waals surface area contributed by atoms with Gasteiger partial charge in [0.05, 0.1) is 0 Å². The minimum atomic E-state index is -0.995. The van der Waals surface area contributed by atoms with Crippen LogP contribution in [0.2, 0.25) is 0 Å². The fourth-order valence-corrected chi connectivity index (χ4v) is 2.68. The van der Waals surface area contributed by atoms with Gasteiger partial charge >= 0.3 is 6.09 Å². The van der Waals surface area contributed by atoms with E-state index in [0.29, 0.717) is 0 Å². The number of benzene rings is 1. The van der Waals surface area contributed by atoms with E-state index in [0.717, 1.165) is 5.56 Å². The summed E-state index contributed by atoms with van der Waals surface area (Å²) in [5, 5.41) is 9.22. The van der Waals surface area contributed by atoms with Crippen LogP contribution in [0.25, 0.3) is 0 Å². The second-order valence-corrected chi connectivity index (χ2v) is 7.61. The lowest BCUT2D eigenvalue weighted by molar-refractivity contribution is -0.125. The van der Waals surface area contributed by atoms with Crippen molar-refractivity contribution in [2.45, 2.75) is 51.8 Å². The summed E-state index contributed by atoms with van der Waals surface area (Å²) in [6.07, 6.45) is 0.989. The summed E-state index contributed by atoms with van der Waals surface area (Å²) in [7, 11) is 0. The maximum atomic E-state index is 13.4. The Morgan fingerprint density at radius 1 is 1.21 bits per heavy atom. The molecule has 1 heterocycles. The SMILES string of the molecule is C[C@@H](C(N)=O)N(C(=O)[C@H](Cc1ccccc1)NC(=O)OC(C)(C)C)c1cc[nH]n1. The summed E-state index contributed by atoms with van der Waals surface area (Å²) in [5.41, 5.74) is 5.54. The number of H-pyrrole nitrogens is 1. The largest absolute Gasteiger partial charge is 0.444 e. The third-order valence-corrected chi connectivity index (χ3v) is 4.04. The van der Waals surface area contributed by atoms with Gasteiger partial charge in [0.25, 0.3) is 5.91 Å². The molecule has 1 aromatic heterocycles. The Bertz CT molecular complexity index is 830. The number of carbonyl (C=O) groups excluding carboxylic acids is 3. The molecular weight excluding hydrogens is 374 g/mol. The molecule has 3 amide bonds. The minimum absolute atomic E-state index is 0.200. The fourth-order valence-electron chi connectivity index (χ4n) is 2.68. The monoisotopic (exact) mass is 401 g/mol. The van der Waals surface area contributed by atoms with Crippen LogP contribution >= 0.6 is 0 Å². The molecule has 0 bridgehead atoms. The summed E-state index contributed by atoms with van der Waals surface area (Å²) >= 11 is 0. The van der Waals surface area contributed by atoms with Gasteiger partial charge in [-0.1, -0.05) is 30.3 Å². The molecule has 4 N–H and O–H groups in total. The first-order valence-corrected chi connectivity index (χ1v) is 9.24. The van der Waals surface area contributed by atoms with Crippen LogP contribution in [0.4, 0.5) is 10.6 Å². The van der Waals surface area contributed by atoms with Gasteiger partial charge in [0.15, 0.2) is 5.82 Å². The highest BCUT2D eigenvalue weighted by atomic mass is 16.6. The molecule has 2 rings (SSSR count). The number of carbonyl (C=O) groups is 3. The van der Waals surface area contributed by atoms with Gasteiger partial charge in [-0.3, -0.25) is 19.6 Å². The molecule has 0 radical (unpaired) electrons. The number of hydrogen-bond donors (Lipinski definition) is 3. The smallest absolute Gasteiger partial charge is 0.408 e. The summed E-state index contributed by atoms with van der Waals surface area (Å²) < 4.78 is 5.30. The van der Waals surface area contributed by atoms with Crippen molar-refractivity contribution >= 4 is 23.7 Å². The van der Waals surface area contributed by atoms with Crippen molar-refractivity contribution in [3.05, 3.63) is 48.2 Å². The molecule has 0 aliphatic carbocycles. The fraction of sp³-hybridized carbons (Fsp3) is 0.400. The zero-order valence-corrected chi connectivity index (χ0v) is 17.0. The standard InChI is InChI=1S/C20H27N5O4/c1-13(17(21)26)25(16-10-11-22-24-16)18(27)15(12-14-8-6-5-7-9-14)23-19(28)29-20(2,3)4/h5-11,13,15H,12H2,1-4H3,(H2,21,26)(H,22,24)(H,23,28)/t13-,15-/m0/s1. The number of nitrogens with two attached hydrogens (primary N) is 1. The molecule has 1 aromatic carbocycles. The molecule has 9 heteroatoms. The summed E-state index contributed by atoms with van der Waals surface area (Å²) in [5.74, 6) is -0.999. The highest BCUT2D eigenvalue weighted by Gasteiger charge is 2.34. The van der Waals surface area contributed by atoms with Crippen molar-refractivity contribution in [2.75, 3.05) is 4.90 Å². The van der Waals surface area contributed by atoms with Crippen LogP contribution in [0.1, 0.15) is 33.3 Å². The number of anilines is 1. The maximum Gasteiger partial charge on any atom is 0.408 e. The first-order valence-electron chi connectivity index (χ1n) is 9.24. The molecule has 0 saturated heterocycles. The van der Waals surface area contributed by atoms with Gasteiger partial charge in [0.2, 0.25) is 5.91 Å². The van der Waals surface area contributed by atoms with E-state index in [2.05, 4.69) is 15.5 Å². The Hall–Kier alpha value is -3.36. The third kappa shape index (κ3) is 6.34. The Kier molecular flexibility index (Phi) is 6.98. The van der Waals surface area contributed by atoms with Crippen LogP contribution in [-0.2, 0) is 20.7 Å². The number of primary amides is 1. The molecule has 0 aliphatic rings. The Morgan fingerprint density at radius 2 is 1.86 bits per heavy atom. The lowest BCUT2D eigenvalue weighted by Gasteiger charge is -2.30. The third-order valence-electron chi connectivity index (χ3n) is 4.04. The van der Waals surface area contributed by atoms with Crippen molar-refractivity contribution in [1.29, 1.82) is 0 Å². The second kappa shape index (κ2) is 9.22. The topological polar surface area (TPSA) is 130 Å². The Balaban J connectivity index is 2.34. The normalized spacial score (nSPS) is 13.2. The van der Waals surface area contributed by atoms with Gasteiger partial charge in [0.1, 0.15) is 17.7 Å². The van der Waals surface area contributed by atoms with Gasteiger partial charge in [-0.25, -0.2) is 4.79 Å². The maximum absolute atomic E-state index is 13.4. The predicted molar refractivity (Wildman–Crippen MR) is 108 cm³/mol. The van der Waals surface area contributed by atoms with Crippen molar-refractivity contribution in [3.8, 4) is 0 Å². The number of rotatable bonds is 7. The van der Waals surface area contributed by atoms with Crippen molar-refractivity contribution in [2.24, 2.45) is 5.73 Å². The second-order valence-electron chi connectivity index (χ2n) is 7.61. The first-order chi connectivity index (χ1) is 13.6. The van der Waals surface area contributed by atoms with Crippen molar-refractivity contribution in [1.82, 2.24) is 15.5 Å². The molecule has 0 saturated carbocycles. The predicted octanol–water partition coefficient (Wildman–Crippen LogP) is 1.75. The summed E-state index contributed by atoms with van der Waals surface area (Å²) in [6.45, 7) is 6.69. The molecule has 2 atom stereocenters. The van der Waals surface area contributed by atoms with Crippen LogP contribution in [0, 0.1) is 0 Å².